The Morgan fingerprint density at radius 1 is 1.03 bits per heavy atom. The van der Waals surface area contributed by atoms with E-state index in [9.17, 15) is 9.59 Å². The molecule has 1 atom stereocenters. The van der Waals surface area contributed by atoms with Crippen LogP contribution in [-0.4, -0.2) is 67.1 Å². The van der Waals surface area contributed by atoms with E-state index < -0.39 is 6.04 Å². The number of benzene rings is 1. The molecule has 2 N–H and O–H groups in total. The molecule has 2 aromatic rings. The van der Waals surface area contributed by atoms with Gasteiger partial charge in [0, 0.05) is 43.5 Å². The molecule has 0 spiro atoms. The normalized spacial score (nSPS) is 18.1. The second-order valence-electron chi connectivity index (χ2n) is 10.9. The number of rotatable bonds is 10. The third kappa shape index (κ3) is 7.93. The van der Waals surface area contributed by atoms with Gasteiger partial charge in [-0.25, -0.2) is 4.98 Å². The van der Waals surface area contributed by atoms with Crippen molar-refractivity contribution in [1.82, 2.24) is 15.2 Å². The molecule has 2 amide bonds. The highest BCUT2D eigenvalue weighted by Gasteiger charge is 2.23. The van der Waals surface area contributed by atoms with Gasteiger partial charge in [0.05, 0.1) is 11.9 Å². The van der Waals surface area contributed by atoms with Gasteiger partial charge < -0.3 is 25.2 Å². The number of carbonyl (C=O) groups excluding carboxylic acids is 2. The number of aromatic nitrogens is 1. The van der Waals surface area contributed by atoms with Crippen LogP contribution in [0.4, 0.5) is 11.4 Å². The smallest absolute Gasteiger partial charge is 0.251 e. The lowest BCUT2D eigenvalue weighted by molar-refractivity contribution is -0.118. The van der Waals surface area contributed by atoms with Crippen LogP contribution in [0.25, 0.3) is 0 Å². The first-order valence-electron chi connectivity index (χ1n) is 14.2. The number of unbranched alkanes of at least 4 members (excludes halogenated alkanes) is 1. The number of pyridine rings is 1. The van der Waals surface area contributed by atoms with E-state index in [1.807, 2.05) is 24.3 Å². The van der Waals surface area contributed by atoms with E-state index >= 15 is 0 Å². The average molecular weight is 522 g/mol. The van der Waals surface area contributed by atoms with E-state index in [-0.39, 0.29) is 17.9 Å². The molecule has 4 rings (SSSR count). The second kappa shape index (κ2) is 13.6. The molecule has 1 unspecified atom stereocenters. The van der Waals surface area contributed by atoms with Crippen molar-refractivity contribution in [2.45, 2.75) is 70.9 Å². The molecular weight excluding hydrogens is 478 g/mol. The first kappa shape index (κ1) is 27.9. The highest BCUT2D eigenvalue weighted by molar-refractivity contribution is 6.01. The van der Waals surface area contributed by atoms with E-state index in [1.54, 1.807) is 18.3 Å². The number of ether oxygens (including phenoxy) is 1. The molecule has 8 nitrogen and oxygen atoms in total. The van der Waals surface area contributed by atoms with Crippen molar-refractivity contribution >= 4 is 23.2 Å². The Balaban J connectivity index is 1.32. The monoisotopic (exact) mass is 521 g/mol. The zero-order chi connectivity index (χ0) is 26.9. The minimum Gasteiger partial charge on any atom is -0.474 e. The molecule has 8 heteroatoms. The van der Waals surface area contributed by atoms with Gasteiger partial charge in [0.2, 0.25) is 11.8 Å². The third-order valence-electron chi connectivity index (χ3n) is 7.70. The molecule has 206 valence electrons. The molecule has 2 fully saturated rings. The van der Waals surface area contributed by atoms with Gasteiger partial charge in [-0.1, -0.05) is 26.7 Å². The molecule has 2 saturated heterocycles. The Kier molecular flexibility index (Phi) is 9.98. The molecule has 0 radical (unpaired) electrons. The van der Waals surface area contributed by atoms with Crippen molar-refractivity contribution in [3.8, 4) is 5.88 Å². The Morgan fingerprint density at radius 3 is 2.37 bits per heavy atom. The lowest BCUT2D eigenvalue weighted by atomic mass is 9.98. The maximum atomic E-state index is 13.1. The Bertz CT molecular complexity index is 1030. The average Bonchev–Trinajstić information content (AvgIpc) is 2.93. The van der Waals surface area contributed by atoms with Gasteiger partial charge in [0.25, 0.3) is 5.91 Å². The maximum Gasteiger partial charge on any atom is 0.251 e. The molecule has 0 saturated carbocycles. The summed E-state index contributed by atoms with van der Waals surface area (Å²) in [6.45, 7) is 8.51. The minimum absolute atomic E-state index is 0.172. The quantitative estimate of drug-likeness (QED) is 0.471. The fourth-order valence-electron chi connectivity index (χ4n) is 5.04. The lowest BCUT2D eigenvalue weighted by Gasteiger charge is -2.32. The summed E-state index contributed by atoms with van der Waals surface area (Å²) in [5.41, 5.74) is 2.29. The topological polar surface area (TPSA) is 86.8 Å². The van der Waals surface area contributed by atoms with Crippen molar-refractivity contribution in [3.05, 3.63) is 48.2 Å². The van der Waals surface area contributed by atoms with Crippen LogP contribution in [-0.2, 0) is 4.79 Å². The first-order valence-corrected chi connectivity index (χ1v) is 14.2. The van der Waals surface area contributed by atoms with Crippen molar-refractivity contribution in [2.75, 3.05) is 43.4 Å². The largest absolute Gasteiger partial charge is 0.474 e. The van der Waals surface area contributed by atoms with E-state index in [2.05, 4.69) is 46.3 Å². The second-order valence-corrected chi connectivity index (χ2v) is 10.9. The molecule has 0 aliphatic carbocycles. The van der Waals surface area contributed by atoms with Gasteiger partial charge in [0.15, 0.2) is 0 Å². The lowest BCUT2D eigenvalue weighted by Crippen LogP contribution is -2.43. The Morgan fingerprint density at radius 2 is 1.74 bits per heavy atom. The Hall–Kier alpha value is -3.13. The van der Waals surface area contributed by atoms with Crippen LogP contribution in [0, 0.1) is 5.92 Å². The molecule has 3 heterocycles. The summed E-state index contributed by atoms with van der Waals surface area (Å²) in [5, 5.41) is 5.86. The van der Waals surface area contributed by atoms with Gasteiger partial charge >= 0.3 is 0 Å². The van der Waals surface area contributed by atoms with Crippen LogP contribution in [0.2, 0.25) is 0 Å². The van der Waals surface area contributed by atoms with E-state index in [0.29, 0.717) is 23.6 Å². The Labute approximate surface area is 227 Å². The molecule has 2 aliphatic heterocycles. The third-order valence-corrected chi connectivity index (χ3v) is 7.70. The zero-order valence-corrected chi connectivity index (χ0v) is 23.1. The van der Waals surface area contributed by atoms with Crippen molar-refractivity contribution < 1.29 is 14.3 Å². The number of piperidine rings is 2. The fraction of sp³-hybridized carbons (Fsp3) is 0.567. The van der Waals surface area contributed by atoms with Gasteiger partial charge in [0.1, 0.15) is 12.1 Å². The SMILES string of the molecule is CCCCC(NC(=O)c1ccc(N2CCC(C)CC2)cc1)C(=O)Nc1ccc(OC2CCN(C)CC2)nc1. The zero-order valence-electron chi connectivity index (χ0n) is 23.1. The summed E-state index contributed by atoms with van der Waals surface area (Å²) >= 11 is 0. The van der Waals surface area contributed by atoms with Crippen LogP contribution >= 0.6 is 0 Å². The summed E-state index contributed by atoms with van der Waals surface area (Å²) in [4.78, 5) is 35.2. The van der Waals surface area contributed by atoms with E-state index in [4.69, 9.17) is 4.74 Å². The van der Waals surface area contributed by atoms with Crippen LogP contribution in [0.3, 0.4) is 0 Å². The maximum absolute atomic E-state index is 13.1. The number of nitrogens with one attached hydrogen (secondary N) is 2. The molecule has 38 heavy (non-hydrogen) atoms. The molecular formula is C30H43N5O3. The summed E-state index contributed by atoms with van der Waals surface area (Å²) in [5.74, 6) is 0.862. The van der Waals surface area contributed by atoms with Crippen molar-refractivity contribution in [3.63, 3.8) is 0 Å². The van der Waals surface area contributed by atoms with Gasteiger partial charge in [-0.05, 0) is 75.4 Å². The van der Waals surface area contributed by atoms with Crippen LogP contribution in [0.1, 0.15) is 69.2 Å². The predicted octanol–water partition coefficient (Wildman–Crippen LogP) is 4.72. The number of anilines is 2. The van der Waals surface area contributed by atoms with Crippen LogP contribution in [0.15, 0.2) is 42.6 Å². The van der Waals surface area contributed by atoms with Crippen LogP contribution in [0.5, 0.6) is 5.88 Å². The first-order chi connectivity index (χ1) is 18.4. The highest BCUT2D eigenvalue weighted by atomic mass is 16.5. The summed E-state index contributed by atoms with van der Waals surface area (Å²) < 4.78 is 6.01. The number of hydrogen-bond donors (Lipinski definition) is 2. The predicted molar refractivity (Wildman–Crippen MR) is 152 cm³/mol. The number of likely N-dealkylation sites (tertiary alicyclic amines) is 1. The minimum atomic E-state index is -0.624. The number of amides is 2. The highest BCUT2D eigenvalue weighted by Crippen LogP contribution is 2.23. The van der Waals surface area contributed by atoms with Crippen molar-refractivity contribution in [1.29, 1.82) is 0 Å². The summed E-state index contributed by atoms with van der Waals surface area (Å²) in [6.07, 6.45) is 8.49. The molecule has 1 aromatic carbocycles. The van der Waals surface area contributed by atoms with E-state index in [1.165, 1.54) is 12.8 Å². The summed E-state index contributed by atoms with van der Waals surface area (Å²) in [6, 6.07) is 10.7. The van der Waals surface area contributed by atoms with Gasteiger partial charge in [-0.2, -0.15) is 0 Å². The van der Waals surface area contributed by atoms with Crippen LogP contribution < -0.4 is 20.3 Å². The molecule has 1 aromatic heterocycles. The van der Waals surface area contributed by atoms with E-state index in [0.717, 1.165) is 63.5 Å². The number of hydrogen-bond acceptors (Lipinski definition) is 6. The van der Waals surface area contributed by atoms with Gasteiger partial charge in [-0.15, -0.1) is 0 Å². The summed E-state index contributed by atoms with van der Waals surface area (Å²) in [7, 11) is 2.12. The standard InChI is InChI=1S/C30H43N5O3/c1-4-5-6-27(33-29(36)23-7-10-25(11-8-23)35-19-13-22(2)14-20-35)30(37)32-24-9-12-28(31-21-24)38-26-15-17-34(3)18-16-26/h7-12,21-22,26-27H,4-6,13-20H2,1-3H3,(H,32,37)(H,33,36). The van der Waals surface area contributed by atoms with Gasteiger partial charge in [-0.3, -0.25) is 9.59 Å². The number of nitrogens with zero attached hydrogens (tertiary/aromatic N) is 3. The number of carbonyl (C=O) groups is 2. The fourth-order valence-corrected chi connectivity index (χ4v) is 5.04. The van der Waals surface area contributed by atoms with Crippen molar-refractivity contribution in [2.24, 2.45) is 5.92 Å². The molecule has 0 bridgehead atoms. The molecule has 2 aliphatic rings.